The van der Waals surface area contributed by atoms with Gasteiger partial charge in [0.15, 0.2) is 5.82 Å². The van der Waals surface area contributed by atoms with Gasteiger partial charge in [0.25, 0.3) is 0 Å². The van der Waals surface area contributed by atoms with Crippen molar-refractivity contribution in [3.8, 4) is 0 Å². The standard InChI is InChI=1S/C15H20N4/c1-10-17-18-15(12-3-2-11-8-13(11)9-12)19(10)14-4-6-16-7-5-14/h2-3,9,11,13-14,16H,4-8H2,1H3. The molecule has 4 heteroatoms. The first-order chi connectivity index (χ1) is 9.33. The lowest BCUT2D eigenvalue weighted by Gasteiger charge is -2.26. The zero-order valence-corrected chi connectivity index (χ0v) is 11.3. The number of nitrogens with one attached hydrogen (secondary N) is 1. The Balaban J connectivity index is 1.70. The van der Waals surface area contributed by atoms with E-state index in [4.69, 9.17) is 0 Å². The van der Waals surface area contributed by atoms with Crippen molar-refractivity contribution in [2.24, 2.45) is 11.8 Å². The van der Waals surface area contributed by atoms with Gasteiger partial charge in [0.2, 0.25) is 0 Å². The van der Waals surface area contributed by atoms with Crippen LogP contribution in [0.5, 0.6) is 0 Å². The van der Waals surface area contributed by atoms with Gasteiger partial charge in [-0.05, 0) is 51.1 Å². The van der Waals surface area contributed by atoms with Crippen molar-refractivity contribution in [2.75, 3.05) is 13.1 Å². The number of piperidine rings is 1. The molecule has 4 nitrogen and oxygen atoms in total. The minimum atomic E-state index is 0.553. The van der Waals surface area contributed by atoms with Gasteiger partial charge in [-0.25, -0.2) is 0 Å². The first kappa shape index (κ1) is 11.4. The monoisotopic (exact) mass is 256 g/mol. The Morgan fingerprint density at radius 3 is 2.84 bits per heavy atom. The van der Waals surface area contributed by atoms with Gasteiger partial charge < -0.3 is 9.88 Å². The Morgan fingerprint density at radius 1 is 1.21 bits per heavy atom. The van der Waals surface area contributed by atoms with Gasteiger partial charge in [0.1, 0.15) is 5.82 Å². The third kappa shape index (κ3) is 1.94. The summed E-state index contributed by atoms with van der Waals surface area (Å²) in [4.78, 5) is 0. The fourth-order valence-electron chi connectivity index (χ4n) is 3.38. The highest BCUT2D eigenvalue weighted by Crippen LogP contribution is 2.46. The minimum absolute atomic E-state index is 0.553. The first-order valence-electron chi connectivity index (χ1n) is 7.35. The highest BCUT2D eigenvalue weighted by Gasteiger charge is 2.36. The van der Waals surface area contributed by atoms with Crippen LogP contribution in [0.4, 0.5) is 0 Å². The topological polar surface area (TPSA) is 42.7 Å². The number of hydrogen-bond acceptors (Lipinski definition) is 3. The molecule has 2 aliphatic carbocycles. The van der Waals surface area contributed by atoms with Crippen molar-refractivity contribution >= 4 is 5.57 Å². The Morgan fingerprint density at radius 2 is 2.05 bits per heavy atom. The van der Waals surface area contributed by atoms with Crippen LogP contribution in [0.3, 0.4) is 0 Å². The summed E-state index contributed by atoms with van der Waals surface area (Å²) in [5, 5.41) is 12.2. The summed E-state index contributed by atoms with van der Waals surface area (Å²) in [7, 11) is 0. The quantitative estimate of drug-likeness (QED) is 0.881. The average molecular weight is 256 g/mol. The van der Waals surface area contributed by atoms with Crippen LogP contribution in [0, 0.1) is 18.8 Å². The van der Waals surface area contributed by atoms with Crippen LogP contribution >= 0.6 is 0 Å². The summed E-state index contributed by atoms with van der Waals surface area (Å²) in [6, 6.07) is 0.553. The van der Waals surface area contributed by atoms with E-state index in [0.717, 1.165) is 36.6 Å². The Bertz CT molecular complexity index is 548. The molecule has 1 aromatic rings. The molecule has 2 heterocycles. The van der Waals surface area contributed by atoms with Crippen molar-refractivity contribution in [3.63, 3.8) is 0 Å². The SMILES string of the molecule is Cc1nnc(C2=CC3CC3C=C2)n1C1CCNCC1. The second kappa shape index (κ2) is 4.30. The number of rotatable bonds is 2. The normalized spacial score (nSPS) is 30.1. The fourth-order valence-corrected chi connectivity index (χ4v) is 3.38. The van der Waals surface area contributed by atoms with Crippen LogP contribution in [0.2, 0.25) is 0 Å². The van der Waals surface area contributed by atoms with E-state index in [1.807, 2.05) is 0 Å². The highest BCUT2D eigenvalue weighted by atomic mass is 15.3. The van der Waals surface area contributed by atoms with E-state index in [1.165, 1.54) is 24.8 Å². The van der Waals surface area contributed by atoms with Gasteiger partial charge in [-0.3, -0.25) is 0 Å². The highest BCUT2D eigenvalue weighted by molar-refractivity contribution is 5.72. The molecule has 0 aromatic carbocycles. The second-order valence-corrected chi connectivity index (χ2v) is 5.97. The lowest BCUT2D eigenvalue weighted by molar-refractivity contribution is 0.360. The lowest BCUT2D eigenvalue weighted by Crippen LogP contribution is -2.30. The molecule has 3 aliphatic rings. The lowest BCUT2D eigenvalue weighted by atomic mass is 10.0. The van der Waals surface area contributed by atoms with E-state index in [0.29, 0.717) is 6.04 Å². The van der Waals surface area contributed by atoms with Gasteiger partial charge in [-0.15, -0.1) is 10.2 Å². The van der Waals surface area contributed by atoms with Crippen molar-refractivity contribution in [3.05, 3.63) is 29.9 Å². The first-order valence-corrected chi connectivity index (χ1v) is 7.35. The Kier molecular flexibility index (Phi) is 2.58. The molecule has 1 saturated heterocycles. The van der Waals surface area contributed by atoms with Crippen LogP contribution in [-0.2, 0) is 0 Å². The number of fused-ring (bicyclic) bond motifs is 1. The summed E-state index contributed by atoms with van der Waals surface area (Å²) in [6.45, 7) is 4.27. The van der Waals surface area contributed by atoms with E-state index in [2.05, 4.69) is 45.2 Å². The fraction of sp³-hybridized carbons (Fsp3) is 0.600. The number of nitrogens with zero attached hydrogens (tertiary/aromatic N) is 3. The molecule has 1 aromatic heterocycles. The molecule has 1 saturated carbocycles. The molecular formula is C15H20N4. The maximum Gasteiger partial charge on any atom is 0.163 e. The second-order valence-electron chi connectivity index (χ2n) is 5.97. The van der Waals surface area contributed by atoms with Crippen molar-refractivity contribution in [1.82, 2.24) is 20.1 Å². The largest absolute Gasteiger partial charge is 0.317 e. The number of aryl methyl sites for hydroxylation is 1. The summed E-state index contributed by atoms with van der Waals surface area (Å²) < 4.78 is 2.36. The van der Waals surface area contributed by atoms with Gasteiger partial charge in [0, 0.05) is 11.6 Å². The molecular weight excluding hydrogens is 236 g/mol. The van der Waals surface area contributed by atoms with E-state index < -0.39 is 0 Å². The Labute approximate surface area is 113 Å². The van der Waals surface area contributed by atoms with Crippen molar-refractivity contribution in [1.29, 1.82) is 0 Å². The number of aromatic nitrogens is 3. The predicted octanol–water partition coefficient (Wildman–Crippen LogP) is 2.10. The van der Waals surface area contributed by atoms with E-state index in [9.17, 15) is 0 Å². The van der Waals surface area contributed by atoms with Crippen molar-refractivity contribution in [2.45, 2.75) is 32.2 Å². The van der Waals surface area contributed by atoms with Crippen LogP contribution < -0.4 is 5.32 Å². The van der Waals surface area contributed by atoms with E-state index >= 15 is 0 Å². The van der Waals surface area contributed by atoms with Crippen LogP contribution in [0.1, 0.15) is 37.0 Å². The smallest absolute Gasteiger partial charge is 0.163 e. The molecule has 0 bridgehead atoms. The molecule has 100 valence electrons. The van der Waals surface area contributed by atoms with E-state index in [1.54, 1.807) is 0 Å². The van der Waals surface area contributed by atoms with Crippen molar-refractivity contribution < 1.29 is 0 Å². The molecule has 0 amide bonds. The average Bonchev–Trinajstić information content (AvgIpc) is 3.13. The molecule has 4 rings (SSSR count). The summed E-state index contributed by atoms with van der Waals surface area (Å²) in [6.07, 6.45) is 10.7. The van der Waals surface area contributed by atoms with Crippen LogP contribution in [0.15, 0.2) is 18.2 Å². The van der Waals surface area contributed by atoms with Crippen LogP contribution in [0.25, 0.3) is 5.57 Å². The molecule has 0 spiro atoms. The number of allylic oxidation sites excluding steroid dienone is 4. The zero-order chi connectivity index (χ0) is 12.8. The predicted molar refractivity (Wildman–Crippen MR) is 74.6 cm³/mol. The molecule has 1 aliphatic heterocycles. The zero-order valence-electron chi connectivity index (χ0n) is 11.3. The molecule has 19 heavy (non-hydrogen) atoms. The summed E-state index contributed by atoms with van der Waals surface area (Å²) in [5.41, 5.74) is 1.28. The van der Waals surface area contributed by atoms with Crippen LogP contribution in [-0.4, -0.2) is 27.9 Å². The van der Waals surface area contributed by atoms with Gasteiger partial charge >= 0.3 is 0 Å². The van der Waals surface area contributed by atoms with Gasteiger partial charge in [-0.1, -0.05) is 18.2 Å². The minimum Gasteiger partial charge on any atom is -0.317 e. The molecule has 1 N–H and O–H groups in total. The van der Waals surface area contributed by atoms with Gasteiger partial charge in [-0.2, -0.15) is 0 Å². The molecule has 2 unspecified atom stereocenters. The molecule has 2 atom stereocenters. The van der Waals surface area contributed by atoms with E-state index in [-0.39, 0.29) is 0 Å². The summed E-state index contributed by atoms with van der Waals surface area (Å²) in [5.74, 6) is 3.69. The Hall–Kier alpha value is -1.42. The van der Waals surface area contributed by atoms with Gasteiger partial charge in [0.05, 0.1) is 0 Å². The third-order valence-electron chi connectivity index (χ3n) is 4.61. The number of hydrogen-bond donors (Lipinski definition) is 1. The summed E-state index contributed by atoms with van der Waals surface area (Å²) >= 11 is 0. The molecule has 2 fully saturated rings. The maximum absolute atomic E-state index is 4.44. The third-order valence-corrected chi connectivity index (χ3v) is 4.61. The maximum atomic E-state index is 4.44. The molecule has 0 radical (unpaired) electrons.